The van der Waals surface area contributed by atoms with E-state index < -0.39 is 12.1 Å². The monoisotopic (exact) mass is 194 g/mol. The molecule has 4 nitrogen and oxygen atoms in total. The van der Waals surface area contributed by atoms with E-state index in [1.807, 2.05) is 0 Å². The molecule has 74 valence electrons. The van der Waals surface area contributed by atoms with Gasteiger partial charge in [-0.3, -0.25) is 4.79 Å². The number of carboxylic acids is 1. The topological polar surface area (TPSA) is 63.6 Å². The Bertz CT molecular complexity index is 346. The number of hydrogen-bond acceptors (Lipinski definition) is 3. The fourth-order valence-corrected chi connectivity index (χ4v) is 0.926. The van der Waals surface area contributed by atoms with Crippen LogP contribution in [0.25, 0.3) is 0 Å². The molecule has 0 unspecified atom stereocenters. The summed E-state index contributed by atoms with van der Waals surface area (Å²) in [4.78, 5) is 21.0. The van der Waals surface area contributed by atoms with Gasteiger partial charge in [-0.25, -0.2) is 4.79 Å². The zero-order valence-electron chi connectivity index (χ0n) is 7.64. The standard InChI is InChI=1S/C10H10O4/c1-7(10(12)13)14-9-5-3-2-4-8(9)6-11/h2-7H,1H3,(H,12,13)/t7-/m1/s1. The van der Waals surface area contributed by atoms with E-state index in [0.29, 0.717) is 11.8 Å². The molecule has 1 aromatic carbocycles. The lowest BCUT2D eigenvalue weighted by Crippen LogP contribution is -2.23. The molecule has 0 aliphatic carbocycles. The van der Waals surface area contributed by atoms with Gasteiger partial charge in [-0.05, 0) is 19.1 Å². The zero-order chi connectivity index (χ0) is 10.6. The fourth-order valence-electron chi connectivity index (χ4n) is 0.926. The molecule has 14 heavy (non-hydrogen) atoms. The van der Waals surface area contributed by atoms with Crippen molar-refractivity contribution in [3.8, 4) is 5.75 Å². The van der Waals surface area contributed by atoms with Gasteiger partial charge < -0.3 is 9.84 Å². The van der Waals surface area contributed by atoms with E-state index in [0.717, 1.165) is 0 Å². The first kappa shape index (κ1) is 10.2. The maximum Gasteiger partial charge on any atom is 0.344 e. The van der Waals surface area contributed by atoms with Crippen LogP contribution in [0.4, 0.5) is 0 Å². The first-order valence-corrected chi connectivity index (χ1v) is 4.09. The van der Waals surface area contributed by atoms with Crippen LogP contribution >= 0.6 is 0 Å². The second-order valence-corrected chi connectivity index (χ2v) is 2.75. The number of carbonyl (C=O) groups is 2. The zero-order valence-corrected chi connectivity index (χ0v) is 7.64. The predicted octanol–water partition coefficient (Wildman–Crippen LogP) is 1.35. The molecule has 0 saturated carbocycles. The summed E-state index contributed by atoms with van der Waals surface area (Å²) in [5.41, 5.74) is 0.348. The van der Waals surface area contributed by atoms with Crippen molar-refractivity contribution in [2.24, 2.45) is 0 Å². The first-order valence-electron chi connectivity index (χ1n) is 4.09. The van der Waals surface area contributed by atoms with E-state index in [2.05, 4.69) is 0 Å². The van der Waals surface area contributed by atoms with Crippen LogP contribution in [0.1, 0.15) is 17.3 Å². The predicted molar refractivity (Wildman–Crippen MR) is 49.6 cm³/mol. The van der Waals surface area contributed by atoms with E-state index >= 15 is 0 Å². The third kappa shape index (κ3) is 2.32. The second-order valence-electron chi connectivity index (χ2n) is 2.75. The highest BCUT2D eigenvalue weighted by Crippen LogP contribution is 2.17. The summed E-state index contributed by atoms with van der Waals surface area (Å²) in [6.45, 7) is 1.41. The van der Waals surface area contributed by atoms with Gasteiger partial charge in [-0.1, -0.05) is 12.1 Å². The van der Waals surface area contributed by atoms with Crippen molar-refractivity contribution in [3.63, 3.8) is 0 Å². The number of benzene rings is 1. The first-order chi connectivity index (χ1) is 6.65. The van der Waals surface area contributed by atoms with Crippen LogP contribution in [0.15, 0.2) is 24.3 Å². The molecule has 0 aliphatic heterocycles. The molecule has 1 atom stereocenters. The third-order valence-electron chi connectivity index (χ3n) is 1.70. The van der Waals surface area contributed by atoms with Crippen LogP contribution in [0.2, 0.25) is 0 Å². The highest BCUT2D eigenvalue weighted by molar-refractivity contribution is 5.79. The fraction of sp³-hybridized carbons (Fsp3) is 0.200. The number of aldehydes is 1. The Labute approximate surface area is 81.1 Å². The summed E-state index contributed by atoms with van der Waals surface area (Å²) in [5.74, 6) is -0.775. The number of hydrogen-bond donors (Lipinski definition) is 1. The molecule has 0 aliphatic rings. The van der Waals surface area contributed by atoms with Crippen LogP contribution in [0, 0.1) is 0 Å². The van der Waals surface area contributed by atoms with E-state index in [1.54, 1.807) is 24.3 Å². The Morgan fingerprint density at radius 1 is 1.50 bits per heavy atom. The van der Waals surface area contributed by atoms with E-state index in [9.17, 15) is 9.59 Å². The third-order valence-corrected chi connectivity index (χ3v) is 1.70. The van der Waals surface area contributed by atoms with E-state index in [4.69, 9.17) is 9.84 Å². The summed E-state index contributed by atoms with van der Waals surface area (Å²) in [6, 6.07) is 6.49. The normalized spacial score (nSPS) is 11.8. The Balaban J connectivity index is 2.85. The quantitative estimate of drug-likeness (QED) is 0.735. The van der Waals surface area contributed by atoms with Crippen LogP contribution in [-0.4, -0.2) is 23.5 Å². The van der Waals surface area contributed by atoms with E-state index in [-0.39, 0.29) is 5.75 Å². The molecule has 1 N–H and O–H groups in total. The Hall–Kier alpha value is -1.84. The molecule has 0 amide bonds. The van der Waals surface area contributed by atoms with Crippen LogP contribution in [-0.2, 0) is 4.79 Å². The van der Waals surface area contributed by atoms with Crippen molar-refractivity contribution in [1.82, 2.24) is 0 Å². The van der Waals surface area contributed by atoms with Crippen molar-refractivity contribution in [2.75, 3.05) is 0 Å². The van der Waals surface area contributed by atoms with E-state index in [1.165, 1.54) is 6.92 Å². The molecule has 1 aromatic rings. The maximum absolute atomic E-state index is 10.6. The van der Waals surface area contributed by atoms with Gasteiger partial charge in [0.15, 0.2) is 12.4 Å². The summed E-state index contributed by atoms with van der Waals surface area (Å²) in [7, 11) is 0. The Morgan fingerprint density at radius 2 is 2.14 bits per heavy atom. The smallest absolute Gasteiger partial charge is 0.344 e. The van der Waals surface area contributed by atoms with Crippen LogP contribution in [0.3, 0.4) is 0 Å². The number of rotatable bonds is 4. The van der Waals surface area contributed by atoms with Crippen molar-refractivity contribution in [3.05, 3.63) is 29.8 Å². The lowest BCUT2D eigenvalue weighted by atomic mass is 10.2. The number of para-hydroxylation sites is 1. The van der Waals surface area contributed by atoms with Gasteiger partial charge in [-0.2, -0.15) is 0 Å². The molecule has 0 fully saturated rings. The molecule has 4 heteroatoms. The number of carbonyl (C=O) groups excluding carboxylic acids is 1. The van der Waals surface area contributed by atoms with Crippen molar-refractivity contribution < 1.29 is 19.4 Å². The van der Waals surface area contributed by atoms with Gasteiger partial charge in [0.05, 0.1) is 5.56 Å². The molecular formula is C10H10O4. The number of carboxylic acid groups (broad SMARTS) is 1. The lowest BCUT2D eigenvalue weighted by Gasteiger charge is -2.11. The van der Waals surface area contributed by atoms with Crippen molar-refractivity contribution in [1.29, 1.82) is 0 Å². The summed E-state index contributed by atoms with van der Waals surface area (Å²) in [5, 5.41) is 8.59. The van der Waals surface area contributed by atoms with Gasteiger partial charge in [-0.15, -0.1) is 0 Å². The minimum absolute atomic E-state index is 0.289. The molecule has 0 saturated heterocycles. The molecular weight excluding hydrogens is 184 g/mol. The Kier molecular flexibility index (Phi) is 3.23. The summed E-state index contributed by atoms with van der Waals surface area (Å²) in [6.07, 6.45) is -0.333. The summed E-state index contributed by atoms with van der Waals surface area (Å²) >= 11 is 0. The average Bonchev–Trinajstić information content (AvgIpc) is 2.18. The second kappa shape index (κ2) is 4.41. The van der Waals surface area contributed by atoms with Gasteiger partial charge in [0, 0.05) is 0 Å². The SMILES string of the molecule is C[C@@H](Oc1ccccc1C=O)C(=O)O. The van der Waals surface area contributed by atoms with Crippen LogP contribution in [0.5, 0.6) is 5.75 Å². The minimum atomic E-state index is -1.06. The molecule has 0 heterocycles. The van der Waals surface area contributed by atoms with Gasteiger partial charge in [0.1, 0.15) is 5.75 Å². The van der Waals surface area contributed by atoms with Gasteiger partial charge in [0.25, 0.3) is 0 Å². The lowest BCUT2D eigenvalue weighted by molar-refractivity contribution is -0.144. The van der Waals surface area contributed by atoms with Crippen LogP contribution < -0.4 is 4.74 Å². The minimum Gasteiger partial charge on any atom is -0.479 e. The molecule has 0 spiro atoms. The van der Waals surface area contributed by atoms with Crippen molar-refractivity contribution in [2.45, 2.75) is 13.0 Å². The maximum atomic E-state index is 10.6. The highest BCUT2D eigenvalue weighted by atomic mass is 16.5. The van der Waals surface area contributed by atoms with Gasteiger partial charge >= 0.3 is 5.97 Å². The average molecular weight is 194 g/mol. The highest BCUT2D eigenvalue weighted by Gasteiger charge is 2.13. The molecule has 0 aromatic heterocycles. The molecule has 0 bridgehead atoms. The summed E-state index contributed by atoms with van der Waals surface area (Å²) < 4.78 is 5.07. The Morgan fingerprint density at radius 3 is 2.71 bits per heavy atom. The number of aliphatic carboxylic acids is 1. The van der Waals surface area contributed by atoms with Crippen molar-refractivity contribution >= 4 is 12.3 Å². The molecule has 0 radical (unpaired) electrons. The molecule has 1 rings (SSSR count). The van der Waals surface area contributed by atoms with Gasteiger partial charge in [0.2, 0.25) is 0 Å². The largest absolute Gasteiger partial charge is 0.479 e. The number of ether oxygens (including phenoxy) is 1.